The van der Waals surface area contributed by atoms with E-state index in [1.54, 1.807) is 12.1 Å². The van der Waals surface area contributed by atoms with Gasteiger partial charge < -0.3 is 21.5 Å². The Labute approximate surface area is 113 Å². The molecule has 0 atom stereocenters. The van der Waals surface area contributed by atoms with Gasteiger partial charge in [0.25, 0.3) is 0 Å². The summed E-state index contributed by atoms with van der Waals surface area (Å²) in [7, 11) is 0. The molecule has 1 heterocycles. The highest BCUT2D eigenvalue weighted by atomic mass is 16.5. The van der Waals surface area contributed by atoms with E-state index < -0.39 is 5.54 Å². The number of primary amides is 1. The van der Waals surface area contributed by atoms with Crippen molar-refractivity contribution in [2.24, 2.45) is 5.73 Å². The molecule has 0 saturated heterocycles. The summed E-state index contributed by atoms with van der Waals surface area (Å²) >= 11 is 0. The van der Waals surface area contributed by atoms with Crippen molar-refractivity contribution in [2.75, 3.05) is 17.7 Å². The Morgan fingerprint density at radius 1 is 1.47 bits per heavy atom. The lowest BCUT2D eigenvalue weighted by Crippen LogP contribution is -2.36. The lowest BCUT2D eigenvalue weighted by Gasteiger charge is -2.25. The van der Waals surface area contributed by atoms with E-state index >= 15 is 0 Å². The number of nitrogens with two attached hydrogens (primary N) is 2. The van der Waals surface area contributed by atoms with Crippen LogP contribution in [0, 0.1) is 0 Å². The molecule has 5 N–H and O–H groups in total. The molecule has 106 valence electrons. The van der Waals surface area contributed by atoms with Crippen LogP contribution in [-0.2, 0) is 4.79 Å². The molecule has 1 rings (SSSR count). The smallest absolute Gasteiger partial charge is 0.239 e. The Balaban J connectivity index is 2.81. The molecule has 1 aromatic rings. The molecule has 0 aliphatic heterocycles. The first-order valence-electron chi connectivity index (χ1n) is 6.30. The van der Waals surface area contributed by atoms with E-state index in [9.17, 15) is 4.79 Å². The molecular weight excluding hydrogens is 244 g/mol. The molecule has 0 aliphatic carbocycles. The summed E-state index contributed by atoms with van der Waals surface area (Å²) in [5.74, 6) is 0.642. The normalized spacial score (nSPS) is 11.1. The lowest BCUT2D eigenvalue weighted by molar-refractivity contribution is -0.118. The zero-order chi connectivity index (χ0) is 14.5. The average molecular weight is 266 g/mol. The Morgan fingerprint density at radius 3 is 2.74 bits per heavy atom. The number of pyridine rings is 1. The van der Waals surface area contributed by atoms with Gasteiger partial charge in [-0.15, -0.1) is 0 Å². The van der Waals surface area contributed by atoms with E-state index in [1.807, 2.05) is 20.8 Å². The largest absolute Gasteiger partial charge is 0.476 e. The number of nitrogens with zero attached hydrogens (tertiary/aromatic N) is 1. The Morgan fingerprint density at radius 2 is 2.16 bits per heavy atom. The van der Waals surface area contributed by atoms with Gasteiger partial charge in [-0.05, 0) is 32.4 Å². The highest BCUT2D eigenvalue weighted by molar-refractivity contribution is 5.75. The van der Waals surface area contributed by atoms with Crippen molar-refractivity contribution in [2.45, 2.75) is 39.2 Å². The Bertz CT molecular complexity index is 446. The first-order chi connectivity index (χ1) is 8.84. The van der Waals surface area contributed by atoms with Crippen molar-refractivity contribution in [3.63, 3.8) is 0 Å². The summed E-state index contributed by atoms with van der Waals surface area (Å²) in [5, 5.41) is 3.15. The van der Waals surface area contributed by atoms with E-state index in [2.05, 4.69) is 10.3 Å². The van der Waals surface area contributed by atoms with Crippen molar-refractivity contribution in [3.8, 4) is 5.88 Å². The van der Waals surface area contributed by atoms with Gasteiger partial charge in [0.2, 0.25) is 11.8 Å². The third-order valence-corrected chi connectivity index (χ3v) is 2.42. The van der Waals surface area contributed by atoms with E-state index in [1.165, 1.54) is 0 Å². The minimum atomic E-state index is -0.475. The molecule has 0 aliphatic rings. The van der Waals surface area contributed by atoms with Gasteiger partial charge in [-0.3, -0.25) is 4.79 Å². The average Bonchev–Trinajstić information content (AvgIpc) is 2.27. The standard InChI is InChI=1S/C13H22N4O2/c1-4-7-19-12-9(14)5-6-11(16-12)17-13(2,3)8-10(15)18/h5-6H,4,7-8,14H2,1-3H3,(H2,15,18)(H,16,17). The number of anilines is 2. The number of nitrogens with one attached hydrogen (secondary N) is 1. The molecule has 6 heteroatoms. The van der Waals surface area contributed by atoms with E-state index in [0.717, 1.165) is 6.42 Å². The van der Waals surface area contributed by atoms with Crippen molar-refractivity contribution in [3.05, 3.63) is 12.1 Å². The maximum Gasteiger partial charge on any atom is 0.239 e. The van der Waals surface area contributed by atoms with Gasteiger partial charge in [-0.2, -0.15) is 4.98 Å². The fourth-order valence-corrected chi connectivity index (χ4v) is 1.66. The molecule has 0 bridgehead atoms. The van der Waals surface area contributed by atoms with Crippen molar-refractivity contribution in [1.82, 2.24) is 4.98 Å². The SMILES string of the molecule is CCCOc1nc(NC(C)(C)CC(N)=O)ccc1N. The van der Waals surface area contributed by atoms with Crippen LogP contribution in [0.1, 0.15) is 33.6 Å². The van der Waals surface area contributed by atoms with E-state index in [-0.39, 0.29) is 12.3 Å². The zero-order valence-electron chi connectivity index (χ0n) is 11.7. The fourth-order valence-electron chi connectivity index (χ4n) is 1.66. The van der Waals surface area contributed by atoms with Crippen molar-refractivity contribution < 1.29 is 9.53 Å². The Kier molecular flexibility index (Phi) is 4.97. The second kappa shape index (κ2) is 6.26. The maximum absolute atomic E-state index is 11.0. The quantitative estimate of drug-likeness (QED) is 0.694. The second-order valence-corrected chi connectivity index (χ2v) is 5.09. The first kappa shape index (κ1) is 15.1. The summed E-state index contributed by atoms with van der Waals surface area (Å²) < 4.78 is 5.45. The number of carbonyl (C=O) groups excluding carboxylic acids is 1. The molecule has 1 amide bonds. The van der Waals surface area contributed by atoms with Crippen LogP contribution in [0.15, 0.2) is 12.1 Å². The van der Waals surface area contributed by atoms with Gasteiger partial charge in [0.15, 0.2) is 0 Å². The van der Waals surface area contributed by atoms with Crippen LogP contribution in [0.2, 0.25) is 0 Å². The third-order valence-electron chi connectivity index (χ3n) is 2.42. The van der Waals surface area contributed by atoms with Crippen LogP contribution in [0.25, 0.3) is 0 Å². The predicted molar refractivity (Wildman–Crippen MR) is 75.9 cm³/mol. The highest BCUT2D eigenvalue weighted by Crippen LogP contribution is 2.23. The molecular formula is C13H22N4O2. The molecule has 0 saturated carbocycles. The van der Waals surface area contributed by atoms with Gasteiger partial charge >= 0.3 is 0 Å². The highest BCUT2D eigenvalue weighted by Gasteiger charge is 2.21. The summed E-state index contributed by atoms with van der Waals surface area (Å²) in [6.45, 7) is 6.32. The summed E-state index contributed by atoms with van der Waals surface area (Å²) in [5.41, 5.74) is 11.0. The van der Waals surface area contributed by atoms with Gasteiger partial charge in [-0.1, -0.05) is 6.92 Å². The van der Waals surface area contributed by atoms with Crippen molar-refractivity contribution >= 4 is 17.4 Å². The number of amides is 1. The number of aromatic nitrogens is 1. The Hall–Kier alpha value is -1.98. The van der Waals surface area contributed by atoms with Gasteiger partial charge in [0.05, 0.1) is 12.3 Å². The molecule has 6 nitrogen and oxygen atoms in total. The maximum atomic E-state index is 11.0. The number of carbonyl (C=O) groups is 1. The minimum Gasteiger partial charge on any atom is -0.476 e. The van der Waals surface area contributed by atoms with Crippen LogP contribution in [0.3, 0.4) is 0 Å². The van der Waals surface area contributed by atoms with Crippen molar-refractivity contribution in [1.29, 1.82) is 0 Å². The zero-order valence-corrected chi connectivity index (χ0v) is 11.7. The van der Waals surface area contributed by atoms with Gasteiger partial charge in [-0.25, -0.2) is 0 Å². The first-order valence-corrected chi connectivity index (χ1v) is 6.30. The molecule has 1 aromatic heterocycles. The molecule has 0 radical (unpaired) electrons. The fraction of sp³-hybridized carbons (Fsp3) is 0.538. The van der Waals surface area contributed by atoms with Crippen LogP contribution < -0.4 is 21.5 Å². The summed E-state index contributed by atoms with van der Waals surface area (Å²) in [4.78, 5) is 15.3. The van der Waals surface area contributed by atoms with Gasteiger partial charge in [0, 0.05) is 12.0 Å². The van der Waals surface area contributed by atoms with Crippen LogP contribution in [0.5, 0.6) is 5.88 Å². The lowest BCUT2D eigenvalue weighted by atomic mass is 10.0. The monoisotopic (exact) mass is 266 g/mol. The number of hydrogen-bond donors (Lipinski definition) is 3. The molecule has 0 unspecified atom stereocenters. The number of ether oxygens (including phenoxy) is 1. The summed E-state index contributed by atoms with van der Waals surface area (Å²) in [6, 6.07) is 3.47. The summed E-state index contributed by atoms with van der Waals surface area (Å²) in [6.07, 6.45) is 1.09. The molecule has 0 spiro atoms. The predicted octanol–water partition coefficient (Wildman–Crippen LogP) is 1.52. The minimum absolute atomic E-state index is 0.213. The topological polar surface area (TPSA) is 103 Å². The van der Waals surface area contributed by atoms with E-state index in [4.69, 9.17) is 16.2 Å². The third kappa shape index (κ3) is 5.03. The number of hydrogen-bond acceptors (Lipinski definition) is 5. The van der Waals surface area contributed by atoms with Gasteiger partial charge in [0.1, 0.15) is 5.82 Å². The number of nitrogen functional groups attached to an aromatic ring is 1. The molecule has 0 aromatic carbocycles. The molecule has 0 fully saturated rings. The van der Waals surface area contributed by atoms with Crippen LogP contribution in [0.4, 0.5) is 11.5 Å². The van der Waals surface area contributed by atoms with Crippen LogP contribution in [-0.4, -0.2) is 23.0 Å². The molecule has 19 heavy (non-hydrogen) atoms. The second-order valence-electron chi connectivity index (χ2n) is 5.09. The van der Waals surface area contributed by atoms with E-state index in [0.29, 0.717) is 24.0 Å². The van der Waals surface area contributed by atoms with Crippen LogP contribution >= 0.6 is 0 Å². The number of rotatable bonds is 7.